The molecule has 0 aliphatic heterocycles. The molecule has 5 nitrogen and oxygen atoms in total. The van der Waals surface area contributed by atoms with Crippen LogP contribution in [0.3, 0.4) is 0 Å². The molecular weight excluding hydrogens is 386 g/mol. The second-order valence-corrected chi connectivity index (χ2v) is 9.89. The molecule has 0 spiro atoms. The minimum atomic E-state index is -3.28. The van der Waals surface area contributed by atoms with Crippen molar-refractivity contribution < 1.29 is 17.9 Å². The smallest absolute Gasteiger partial charge is 0.262 e. The predicted molar refractivity (Wildman–Crippen MR) is 115 cm³/mol. The molecule has 1 aliphatic carbocycles. The van der Waals surface area contributed by atoms with E-state index < -0.39 is 9.84 Å². The van der Waals surface area contributed by atoms with Gasteiger partial charge in [-0.2, -0.15) is 0 Å². The van der Waals surface area contributed by atoms with E-state index in [-0.39, 0.29) is 17.8 Å². The Balaban J connectivity index is 1.59. The first-order valence-corrected chi connectivity index (χ1v) is 11.8. The molecule has 1 amide bonds. The molecule has 6 heteroatoms. The van der Waals surface area contributed by atoms with Gasteiger partial charge in [-0.15, -0.1) is 0 Å². The number of carbonyl (C=O) groups is 1. The van der Waals surface area contributed by atoms with Crippen molar-refractivity contribution in [2.45, 2.75) is 62.0 Å². The molecule has 0 aromatic heterocycles. The number of benzene rings is 2. The fourth-order valence-electron chi connectivity index (χ4n) is 3.70. The van der Waals surface area contributed by atoms with Gasteiger partial charge in [0.1, 0.15) is 5.75 Å². The van der Waals surface area contributed by atoms with Crippen LogP contribution in [-0.4, -0.2) is 26.2 Å². The fraction of sp³-hybridized carbons (Fsp3) is 0.435. The van der Waals surface area contributed by atoms with E-state index in [1.807, 2.05) is 24.3 Å². The molecule has 29 heavy (non-hydrogen) atoms. The summed E-state index contributed by atoms with van der Waals surface area (Å²) in [5, 5.41) is 2.49. The summed E-state index contributed by atoms with van der Waals surface area (Å²) in [5.41, 5.74) is 1.64. The van der Waals surface area contributed by atoms with Gasteiger partial charge < -0.3 is 10.1 Å². The number of ether oxygens (including phenoxy) is 1. The number of carbonyl (C=O) groups excluding carboxylic acids is 1. The monoisotopic (exact) mass is 415 g/mol. The molecule has 1 unspecified atom stereocenters. The molecule has 0 heterocycles. The first-order valence-electron chi connectivity index (χ1n) is 10.3. The largest absolute Gasteiger partial charge is 0.483 e. The quantitative estimate of drug-likeness (QED) is 0.663. The van der Waals surface area contributed by atoms with E-state index in [4.69, 9.17) is 4.74 Å². The first kappa shape index (κ1) is 21.4. The SMILES string of the molecule is CCC(C)c1ccccc1OCC(=O)Nc1ccc(S(=O)(=O)C2CCCC2)cc1. The van der Waals surface area contributed by atoms with Crippen LogP contribution in [0.1, 0.15) is 57.4 Å². The van der Waals surface area contributed by atoms with Crippen LogP contribution in [0.5, 0.6) is 5.75 Å². The molecule has 156 valence electrons. The molecule has 0 radical (unpaired) electrons. The lowest BCUT2D eigenvalue weighted by molar-refractivity contribution is -0.118. The van der Waals surface area contributed by atoms with Gasteiger partial charge in [-0.25, -0.2) is 8.42 Å². The Hall–Kier alpha value is -2.34. The van der Waals surface area contributed by atoms with E-state index >= 15 is 0 Å². The molecule has 1 atom stereocenters. The van der Waals surface area contributed by atoms with Gasteiger partial charge >= 0.3 is 0 Å². The molecule has 2 aromatic rings. The lowest BCUT2D eigenvalue weighted by atomic mass is 9.98. The van der Waals surface area contributed by atoms with E-state index in [1.165, 1.54) is 0 Å². The average Bonchev–Trinajstić information content (AvgIpc) is 3.28. The van der Waals surface area contributed by atoms with Crippen molar-refractivity contribution in [1.29, 1.82) is 0 Å². The summed E-state index contributed by atoms with van der Waals surface area (Å²) in [6.45, 7) is 4.14. The highest BCUT2D eigenvalue weighted by Gasteiger charge is 2.30. The maximum absolute atomic E-state index is 12.6. The molecule has 1 aliphatic rings. The number of hydrogen-bond donors (Lipinski definition) is 1. The Morgan fingerprint density at radius 2 is 1.76 bits per heavy atom. The number of hydrogen-bond acceptors (Lipinski definition) is 4. The second kappa shape index (κ2) is 9.44. The molecular formula is C23H29NO4S. The van der Waals surface area contributed by atoms with Crippen LogP contribution in [0.25, 0.3) is 0 Å². The van der Waals surface area contributed by atoms with E-state index in [9.17, 15) is 13.2 Å². The number of rotatable bonds is 8. The highest BCUT2D eigenvalue weighted by Crippen LogP contribution is 2.30. The zero-order valence-electron chi connectivity index (χ0n) is 17.1. The lowest BCUT2D eigenvalue weighted by Crippen LogP contribution is -2.21. The number of anilines is 1. The topological polar surface area (TPSA) is 72.5 Å². The van der Waals surface area contributed by atoms with Crippen LogP contribution in [-0.2, 0) is 14.6 Å². The van der Waals surface area contributed by atoms with E-state index in [0.717, 1.165) is 43.4 Å². The third kappa shape index (κ3) is 5.18. The highest BCUT2D eigenvalue weighted by molar-refractivity contribution is 7.92. The molecule has 1 N–H and O–H groups in total. The number of sulfone groups is 1. The Labute approximate surface area is 173 Å². The van der Waals surface area contributed by atoms with Gasteiger partial charge in [0.15, 0.2) is 16.4 Å². The van der Waals surface area contributed by atoms with Crippen LogP contribution in [0, 0.1) is 0 Å². The van der Waals surface area contributed by atoms with Crippen molar-refractivity contribution in [1.82, 2.24) is 0 Å². The maximum atomic E-state index is 12.6. The van der Waals surface area contributed by atoms with Crippen molar-refractivity contribution in [3.8, 4) is 5.75 Å². The molecule has 0 bridgehead atoms. The van der Waals surface area contributed by atoms with Gasteiger partial charge in [0.2, 0.25) is 0 Å². The maximum Gasteiger partial charge on any atom is 0.262 e. The minimum absolute atomic E-state index is 0.102. The summed E-state index contributed by atoms with van der Waals surface area (Å²) in [6.07, 6.45) is 4.39. The number of nitrogens with one attached hydrogen (secondary N) is 1. The van der Waals surface area contributed by atoms with Crippen molar-refractivity contribution in [2.75, 3.05) is 11.9 Å². The van der Waals surface area contributed by atoms with Crippen molar-refractivity contribution in [3.63, 3.8) is 0 Å². The number of amides is 1. The Morgan fingerprint density at radius 1 is 1.10 bits per heavy atom. The zero-order chi connectivity index (χ0) is 20.9. The predicted octanol–water partition coefficient (Wildman–Crippen LogP) is 4.93. The van der Waals surface area contributed by atoms with Gasteiger partial charge in [-0.3, -0.25) is 4.79 Å². The van der Waals surface area contributed by atoms with E-state index in [0.29, 0.717) is 16.5 Å². The van der Waals surface area contributed by atoms with Crippen LogP contribution in [0.4, 0.5) is 5.69 Å². The summed E-state index contributed by atoms with van der Waals surface area (Å²) in [7, 11) is -3.28. The Kier molecular flexibility index (Phi) is 6.96. The summed E-state index contributed by atoms with van der Waals surface area (Å²) < 4.78 is 31.0. The second-order valence-electron chi connectivity index (χ2n) is 7.66. The average molecular weight is 416 g/mol. The number of para-hydroxylation sites is 1. The van der Waals surface area contributed by atoms with Gasteiger partial charge in [0.05, 0.1) is 10.1 Å². The minimum Gasteiger partial charge on any atom is -0.483 e. The van der Waals surface area contributed by atoms with Crippen LogP contribution >= 0.6 is 0 Å². The van der Waals surface area contributed by atoms with Crippen molar-refractivity contribution >= 4 is 21.4 Å². The van der Waals surface area contributed by atoms with Gasteiger partial charge in [-0.1, -0.05) is 44.9 Å². The first-order chi connectivity index (χ1) is 13.9. The lowest BCUT2D eigenvalue weighted by Gasteiger charge is -2.15. The van der Waals surface area contributed by atoms with E-state index in [1.54, 1.807) is 24.3 Å². The summed E-state index contributed by atoms with van der Waals surface area (Å²) in [4.78, 5) is 12.6. The normalized spacial score (nSPS) is 15.8. The molecule has 1 saturated carbocycles. The summed E-state index contributed by atoms with van der Waals surface area (Å²) >= 11 is 0. The molecule has 0 saturated heterocycles. The molecule has 2 aromatic carbocycles. The van der Waals surface area contributed by atoms with Crippen molar-refractivity contribution in [3.05, 3.63) is 54.1 Å². The zero-order valence-corrected chi connectivity index (χ0v) is 17.9. The Morgan fingerprint density at radius 3 is 2.41 bits per heavy atom. The van der Waals surface area contributed by atoms with Gasteiger partial charge in [-0.05, 0) is 61.1 Å². The fourth-order valence-corrected chi connectivity index (χ4v) is 5.55. The molecule has 3 rings (SSSR count). The van der Waals surface area contributed by atoms with Crippen LogP contribution in [0.15, 0.2) is 53.4 Å². The van der Waals surface area contributed by atoms with Crippen LogP contribution < -0.4 is 10.1 Å². The van der Waals surface area contributed by atoms with Gasteiger partial charge in [0, 0.05) is 5.69 Å². The third-order valence-electron chi connectivity index (χ3n) is 5.63. The Bertz CT molecular complexity index is 932. The summed E-state index contributed by atoms with van der Waals surface area (Å²) in [5.74, 6) is 0.786. The summed E-state index contributed by atoms with van der Waals surface area (Å²) in [6, 6.07) is 14.2. The van der Waals surface area contributed by atoms with Crippen LogP contribution in [0.2, 0.25) is 0 Å². The van der Waals surface area contributed by atoms with Crippen molar-refractivity contribution in [2.24, 2.45) is 0 Å². The van der Waals surface area contributed by atoms with Gasteiger partial charge in [0.25, 0.3) is 5.91 Å². The molecule has 1 fully saturated rings. The van der Waals surface area contributed by atoms with E-state index in [2.05, 4.69) is 19.2 Å². The standard InChI is InChI=1S/C23H29NO4S/c1-3-17(2)21-10-6-7-11-22(21)28-16-23(25)24-18-12-14-20(15-13-18)29(26,27)19-8-4-5-9-19/h6-7,10-15,17,19H,3-5,8-9,16H2,1-2H3,(H,24,25). The highest BCUT2D eigenvalue weighted by atomic mass is 32.2. The third-order valence-corrected chi connectivity index (χ3v) is 7.91.